The van der Waals surface area contributed by atoms with Crippen LogP contribution in [0.1, 0.15) is 79.6 Å². The van der Waals surface area contributed by atoms with Crippen LogP contribution in [0.15, 0.2) is 42.6 Å². The van der Waals surface area contributed by atoms with Gasteiger partial charge in [-0.3, -0.25) is 24.0 Å². The summed E-state index contributed by atoms with van der Waals surface area (Å²) in [6.45, 7) is 4.70. The molecule has 318 valence electrons. The van der Waals surface area contributed by atoms with Gasteiger partial charge in [-0.1, -0.05) is 44.2 Å². The first-order valence-corrected chi connectivity index (χ1v) is 21.0. The minimum absolute atomic E-state index is 0.00332. The van der Waals surface area contributed by atoms with Gasteiger partial charge in [0, 0.05) is 30.0 Å². The average molecular weight is 836 g/mol. The maximum Gasteiger partial charge on any atom is 0.408 e. The Kier molecular flexibility index (Phi) is 11.5. The molecule has 7 atom stereocenters. The third kappa shape index (κ3) is 7.79. The number of pyridine rings is 1. The maximum atomic E-state index is 15.3. The number of sulfonamides is 1. The van der Waals surface area contributed by atoms with Crippen molar-refractivity contribution in [1.29, 1.82) is 0 Å². The molecule has 0 bridgehead atoms. The molecule has 6 rings (SSSR count). The van der Waals surface area contributed by atoms with Crippen molar-refractivity contribution < 1.29 is 55.3 Å². The number of rotatable bonds is 10. The minimum Gasteiger partial charge on any atom is -0.494 e. The number of carboxylic acid groups (broad SMARTS) is 1. The van der Waals surface area contributed by atoms with Crippen LogP contribution in [0.4, 0.5) is 18.0 Å². The quantitative estimate of drug-likeness (QED) is 0.269. The summed E-state index contributed by atoms with van der Waals surface area (Å²) in [6, 6.07) is 3.96. The zero-order valence-electron chi connectivity index (χ0n) is 33.5. The lowest BCUT2D eigenvalue weighted by atomic mass is 9.84. The molecule has 0 radical (unpaired) electrons. The number of nitrogens with one attached hydrogen (secondary N) is 2. The fraction of sp³-hybridized carbons (Fsp3) is 0.625. The van der Waals surface area contributed by atoms with E-state index in [0.29, 0.717) is 41.2 Å². The number of halogens is 3. The topological polar surface area (TPSA) is 185 Å². The first kappa shape index (κ1) is 43.0. The van der Waals surface area contributed by atoms with Gasteiger partial charge in [0.2, 0.25) is 27.7 Å². The second kappa shape index (κ2) is 15.5. The second-order valence-corrected chi connectivity index (χ2v) is 19.1. The molecule has 1 saturated heterocycles. The Morgan fingerprint density at radius 2 is 1.79 bits per heavy atom. The van der Waals surface area contributed by atoms with Gasteiger partial charge >= 0.3 is 6.09 Å². The van der Waals surface area contributed by atoms with Gasteiger partial charge in [0.25, 0.3) is 11.8 Å². The highest BCUT2D eigenvalue weighted by Gasteiger charge is 2.64. The normalized spacial score (nSPS) is 29.5. The lowest BCUT2D eigenvalue weighted by Crippen LogP contribution is -2.66. The highest BCUT2D eigenvalue weighted by molar-refractivity contribution is 7.91. The lowest BCUT2D eigenvalue weighted by Gasteiger charge is -2.47. The van der Waals surface area contributed by atoms with E-state index in [4.69, 9.17) is 9.47 Å². The van der Waals surface area contributed by atoms with Crippen molar-refractivity contribution in [2.24, 2.45) is 17.8 Å². The number of alkyl halides is 3. The summed E-state index contributed by atoms with van der Waals surface area (Å²) >= 11 is 0. The number of hydrogen-bond donors (Lipinski definition) is 3. The molecule has 3 heterocycles. The van der Waals surface area contributed by atoms with Gasteiger partial charge in [0.15, 0.2) is 0 Å². The van der Waals surface area contributed by atoms with Crippen molar-refractivity contribution in [3.8, 4) is 11.6 Å². The number of ether oxygens (including phenoxy) is 2. The first-order valence-electron chi connectivity index (χ1n) is 19.5. The standard InChI is InChI=1S/C40H52F3N5O9S/c1-23-11-7-8-12-25-19-40(25,35(51)46-58(54,55)39(22-41)15-16-39)45-32(49)29-18-26(57-33-28-14-10-9-13-27(28)30(56-6)20-44-33)21-47(29)34(50)31(24(2)17-23)48(36(52)53)37(3,4)38(5,42)43/h8-10,12-14,20,23-26,29,31H,7,11,15-19,21-22H2,1-6H3,(H,45,49)(H,46,51)(H,52,53)/b12-8-/t23-,24+,25+,26+,29-,31-,40+/m0/s1. The van der Waals surface area contributed by atoms with E-state index in [0.717, 1.165) is 18.7 Å². The lowest BCUT2D eigenvalue weighted by molar-refractivity contribution is -0.156. The van der Waals surface area contributed by atoms with Crippen molar-refractivity contribution in [3.05, 3.63) is 42.6 Å². The van der Waals surface area contributed by atoms with Gasteiger partial charge in [-0.25, -0.2) is 31.4 Å². The van der Waals surface area contributed by atoms with Gasteiger partial charge in [0.1, 0.15) is 46.4 Å². The van der Waals surface area contributed by atoms with Crippen LogP contribution in [0.2, 0.25) is 0 Å². The monoisotopic (exact) mass is 835 g/mol. The third-order valence-corrected chi connectivity index (χ3v) is 14.7. The number of fused-ring (bicyclic) bond motifs is 3. The number of methoxy groups -OCH3 is 1. The Bertz CT molecular complexity index is 2090. The zero-order valence-corrected chi connectivity index (χ0v) is 34.3. The number of benzene rings is 1. The number of nitrogens with zero attached hydrogens (tertiary/aromatic N) is 3. The van der Waals surface area contributed by atoms with Gasteiger partial charge in [-0.2, -0.15) is 0 Å². The number of carbonyl (C=O) groups is 4. The molecule has 2 aromatic rings. The molecular weight excluding hydrogens is 784 g/mol. The summed E-state index contributed by atoms with van der Waals surface area (Å²) in [7, 11) is -2.99. The van der Waals surface area contributed by atoms with Crippen molar-refractivity contribution in [2.45, 2.75) is 119 Å². The van der Waals surface area contributed by atoms with Crippen LogP contribution in [0.25, 0.3) is 10.8 Å². The molecule has 1 aromatic heterocycles. The van der Waals surface area contributed by atoms with E-state index in [-0.39, 0.29) is 50.4 Å². The van der Waals surface area contributed by atoms with E-state index in [1.165, 1.54) is 13.3 Å². The minimum atomic E-state index is -4.47. The zero-order chi connectivity index (χ0) is 42.6. The van der Waals surface area contributed by atoms with Crippen LogP contribution >= 0.6 is 0 Å². The fourth-order valence-corrected chi connectivity index (χ4v) is 9.79. The number of amides is 4. The Hall–Kier alpha value is -4.61. The number of aromatic nitrogens is 1. The largest absolute Gasteiger partial charge is 0.494 e. The number of allylic oxidation sites excluding steroid dienone is 1. The SMILES string of the molecule is COc1cnc(O[C@@H]2C[C@H]3C(=O)N[C@]4(C(=O)NS(=O)(=O)C5(CF)CC5)C[C@H]4/C=C\CC[C@H](C)C[C@@H](C)[C@H](N(C(=O)O)C(C)(C)C(C)(F)F)C(=O)N3C2)c2ccccc12. The Balaban J connectivity index is 1.42. The maximum absolute atomic E-state index is 15.3. The highest BCUT2D eigenvalue weighted by atomic mass is 32.2. The molecule has 0 spiro atoms. The molecule has 2 saturated carbocycles. The van der Waals surface area contributed by atoms with Gasteiger partial charge in [-0.15, -0.1) is 0 Å². The fourth-order valence-electron chi connectivity index (χ4n) is 8.37. The van der Waals surface area contributed by atoms with Crippen molar-refractivity contribution in [2.75, 3.05) is 20.3 Å². The van der Waals surface area contributed by atoms with Crippen molar-refractivity contribution in [1.82, 2.24) is 24.8 Å². The van der Waals surface area contributed by atoms with Crippen LogP contribution in [0.5, 0.6) is 11.6 Å². The average Bonchev–Trinajstić information content (AvgIpc) is 4.06. The molecule has 2 aliphatic heterocycles. The molecule has 14 nitrogen and oxygen atoms in total. The third-order valence-electron chi connectivity index (χ3n) is 12.6. The Labute approximate surface area is 335 Å². The van der Waals surface area contributed by atoms with Crippen LogP contribution in [0, 0.1) is 17.8 Å². The van der Waals surface area contributed by atoms with Gasteiger partial charge < -0.3 is 24.8 Å². The summed E-state index contributed by atoms with van der Waals surface area (Å²) < 4.78 is 83.1. The second-order valence-electron chi connectivity index (χ2n) is 17.1. The molecular formula is C40H52F3N5O9S. The van der Waals surface area contributed by atoms with Gasteiger partial charge in [0.05, 0.1) is 19.9 Å². The number of hydrogen-bond acceptors (Lipinski definition) is 9. The summed E-state index contributed by atoms with van der Waals surface area (Å²) in [5.74, 6) is -7.45. The molecule has 3 fully saturated rings. The summed E-state index contributed by atoms with van der Waals surface area (Å²) in [5.41, 5.74) is -4.18. The van der Waals surface area contributed by atoms with Crippen molar-refractivity contribution >= 4 is 44.6 Å². The Morgan fingerprint density at radius 3 is 2.40 bits per heavy atom. The smallest absolute Gasteiger partial charge is 0.408 e. The molecule has 0 unspecified atom stereocenters. The predicted octanol–water partition coefficient (Wildman–Crippen LogP) is 5.21. The van der Waals surface area contributed by atoms with E-state index in [2.05, 4.69) is 10.3 Å². The summed E-state index contributed by atoms with van der Waals surface area (Å²) in [4.78, 5) is 62.7. The van der Waals surface area contributed by atoms with Gasteiger partial charge in [-0.05, 0) is 70.3 Å². The highest BCUT2D eigenvalue weighted by Crippen LogP contribution is 2.48. The molecule has 3 N–H and O–H groups in total. The van der Waals surface area contributed by atoms with E-state index in [9.17, 15) is 32.3 Å². The molecule has 18 heteroatoms. The van der Waals surface area contributed by atoms with Crippen LogP contribution in [-0.4, -0.2) is 112 Å². The summed E-state index contributed by atoms with van der Waals surface area (Å²) in [6.07, 6.45) is 3.40. The number of carbonyl (C=O) groups excluding carboxylic acids is 3. The van der Waals surface area contributed by atoms with Crippen LogP contribution in [-0.2, 0) is 24.4 Å². The van der Waals surface area contributed by atoms with E-state index < -0.39 is 92.3 Å². The van der Waals surface area contributed by atoms with Crippen LogP contribution in [0.3, 0.4) is 0 Å². The molecule has 4 aliphatic rings. The molecule has 4 amide bonds. The molecule has 2 aliphatic carbocycles. The van der Waals surface area contributed by atoms with E-state index in [1.807, 2.05) is 11.6 Å². The molecule has 58 heavy (non-hydrogen) atoms. The van der Waals surface area contributed by atoms with E-state index in [1.54, 1.807) is 43.3 Å². The van der Waals surface area contributed by atoms with Crippen molar-refractivity contribution in [3.63, 3.8) is 0 Å². The Morgan fingerprint density at radius 1 is 1.12 bits per heavy atom. The first-order chi connectivity index (χ1) is 27.1. The van der Waals surface area contributed by atoms with Crippen LogP contribution < -0.4 is 19.5 Å². The summed E-state index contributed by atoms with van der Waals surface area (Å²) in [5, 5.41) is 14.5. The molecule has 1 aromatic carbocycles. The predicted molar refractivity (Wildman–Crippen MR) is 206 cm³/mol. The van der Waals surface area contributed by atoms with E-state index >= 15 is 13.6 Å².